The van der Waals surface area contributed by atoms with Crippen molar-refractivity contribution in [3.8, 4) is 0 Å². The van der Waals surface area contributed by atoms with E-state index in [-0.39, 0.29) is 24.7 Å². The molecular weight excluding hydrogens is 315 g/mol. The van der Waals surface area contributed by atoms with E-state index in [1.54, 1.807) is 23.1 Å². The van der Waals surface area contributed by atoms with Gasteiger partial charge in [0.2, 0.25) is 11.8 Å². The monoisotopic (exact) mass is 336 g/mol. The fraction of sp³-hybridized carbons (Fsp3) is 0.529. The van der Waals surface area contributed by atoms with Crippen LogP contribution in [0.4, 0.5) is 4.39 Å². The van der Waals surface area contributed by atoms with E-state index >= 15 is 0 Å². The van der Waals surface area contributed by atoms with Crippen LogP contribution in [0.5, 0.6) is 0 Å². The number of halogens is 1. The topological polar surface area (TPSA) is 67.9 Å². The molecule has 2 aliphatic heterocycles. The average molecular weight is 336 g/mol. The summed E-state index contributed by atoms with van der Waals surface area (Å²) in [4.78, 5) is 25.8. The highest BCUT2D eigenvalue weighted by atomic mass is 19.1. The van der Waals surface area contributed by atoms with E-state index in [9.17, 15) is 14.0 Å². The van der Waals surface area contributed by atoms with E-state index in [1.165, 1.54) is 6.07 Å². The molecule has 2 amide bonds. The van der Waals surface area contributed by atoms with Crippen LogP contribution in [0, 0.1) is 5.82 Å². The number of amides is 2. The molecule has 1 aromatic rings. The van der Waals surface area contributed by atoms with Crippen LogP contribution >= 0.6 is 0 Å². The van der Waals surface area contributed by atoms with Gasteiger partial charge in [-0.15, -0.1) is 0 Å². The zero-order valence-corrected chi connectivity index (χ0v) is 13.4. The number of carbonyl (C=O) groups is 2. The molecule has 24 heavy (non-hydrogen) atoms. The normalized spacial score (nSPS) is 19.5. The first-order chi connectivity index (χ1) is 11.6. The highest BCUT2D eigenvalue weighted by Crippen LogP contribution is 2.31. The summed E-state index contributed by atoms with van der Waals surface area (Å²) < 4.78 is 24.7. The Balaban J connectivity index is 1.43. The number of benzene rings is 1. The highest BCUT2D eigenvalue weighted by Gasteiger charge is 2.40. The number of carbonyl (C=O) groups excluding carboxylic acids is 2. The predicted octanol–water partition coefficient (Wildman–Crippen LogP) is 1.20. The minimum atomic E-state index is -0.538. The third-order valence-corrected chi connectivity index (χ3v) is 4.44. The molecule has 0 atom stereocenters. The Labute approximate surface area is 139 Å². The van der Waals surface area contributed by atoms with Gasteiger partial charge in [-0.05, 0) is 6.07 Å². The fourth-order valence-electron chi connectivity index (χ4n) is 3.03. The summed E-state index contributed by atoms with van der Waals surface area (Å²) in [6.45, 7) is 2.28. The summed E-state index contributed by atoms with van der Waals surface area (Å²) in [6, 6.07) is 6.23. The molecule has 0 unspecified atom stereocenters. The Morgan fingerprint density at radius 3 is 2.50 bits per heavy atom. The third-order valence-electron chi connectivity index (χ3n) is 4.44. The zero-order chi connectivity index (χ0) is 17.0. The smallest absolute Gasteiger partial charge is 0.232 e. The lowest BCUT2D eigenvalue weighted by Crippen LogP contribution is -2.48. The van der Waals surface area contributed by atoms with E-state index in [4.69, 9.17) is 9.47 Å². The SMILES string of the molecule is O=C(CC(=O)N1CCC2(CC1)OCCO2)NCc1ccccc1F. The summed E-state index contributed by atoms with van der Waals surface area (Å²) in [7, 11) is 0. The Bertz CT molecular complexity index is 606. The lowest BCUT2D eigenvalue weighted by atomic mass is 10.0. The predicted molar refractivity (Wildman–Crippen MR) is 83.3 cm³/mol. The number of hydrogen-bond acceptors (Lipinski definition) is 4. The van der Waals surface area contributed by atoms with Crippen LogP contribution in [-0.4, -0.2) is 48.8 Å². The van der Waals surface area contributed by atoms with E-state index in [0.717, 1.165) is 0 Å². The number of piperidine rings is 1. The van der Waals surface area contributed by atoms with Crippen LogP contribution in [0.1, 0.15) is 24.8 Å². The van der Waals surface area contributed by atoms with Gasteiger partial charge in [-0.25, -0.2) is 4.39 Å². The van der Waals surface area contributed by atoms with Gasteiger partial charge in [0.25, 0.3) is 0 Å². The van der Waals surface area contributed by atoms with E-state index in [2.05, 4.69) is 5.32 Å². The molecule has 2 saturated heterocycles. The van der Waals surface area contributed by atoms with Gasteiger partial charge < -0.3 is 19.7 Å². The number of ether oxygens (including phenoxy) is 2. The Morgan fingerprint density at radius 2 is 1.83 bits per heavy atom. The van der Waals surface area contributed by atoms with Crippen molar-refractivity contribution in [3.63, 3.8) is 0 Å². The number of nitrogens with zero attached hydrogens (tertiary/aromatic N) is 1. The number of rotatable bonds is 4. The molecule has 7 heteroatoms. The van der Waals surface area contributed by atoms with Crippen molar-refractivity contribution in [2.45, 2.75) is 31.6 Å². The van der Waals surface area contributed by atoms with Crippen molar-refractivity contribution in [1.82, 2.24) is 10.2 Å². The maximum absolute atomic E-state index is 13.5. The summed E-state index contributed by atoms with van der Waals surface area (Å²) in [5.41, 5.74) is 0.397. The van der Waals surface area contributed by atoms with Gasteiger partial charge >= 0.3 is 0 Å². The molecule has 0 radical (unpaired) electrons. The number of nitrogens with one attached hydrogen (secondary N) is 1. The molecule has 3 rings (SSSR count). The molecule has 1 N–H and O–H groups in total. The van der Waals surface area contributed by atoms with Gasteiger partial charge in [0.1, 0.15) is 12.2 Å². The van der Waals surface area contributed by atoms with Gasteiger partial charge in [-0.2, -0.15) is 0 Å². The number of likely N-dealkylation sites (tertiary alicyclic amines) is 1. The highest BCUT2D eigenvalue weighted by molar-refractivity contribution is 5.96. The number of hydrogen-bond donors (Lipinski definition) is 1. The summed E-state index contributed by atoms with van der Waals surface area (Å²) in [5.74, 6) is -1.54. The van der Waals surface area contributed by atoms with E-state index < -0.39 is 11.7 Å². The van der Waals surface area contributed by atoms with Crippen LogP contribution in [0.2, 0.25) is 0 Å². The first kappa shape index (κ1) is 16.9. The fourth-order valence-corrected chi connectivity index (χ4v) is 3.03. The second-order valence-corrected chi connectivity index (χ2v) is 6.03. The standard InChI is InChI=1S/C17H21FN2O4/c18-14-4-2-1-3-13(14)12-19-15(21)11-16(22)20-7-5-17(6-8-20)23-9-10-24-17/h1-4H,5-12H2,(H,19,21). The molecule has 2 aliphatic rings. The van der Waals surface area contributed by atoms with Gasteiger partial charge in [0.05, 0.1) is 13.2 Å². The molecule has 0 aliphatic carbocycles. The first-order valence-electron chi connectivity index (χ1n) is 8.14. The van der Waals surface area contributed by atoms with Crippen molar-refractivity contribution in [3.05, 3.63) is 35.6 Å². The Hall–Kier alpha value is -1.99. The maximum atomic E-state index is 13.5. The minimum absolute atomic E-state index is 0.0730. The van der Waals surface area contributed by atoms with Gasteiger partial charge in [-0.1, -0.05) is 18.2 Å². The van der Waals surface area contributed by atoms with Crippen molar-refractivity contribution in [2.24, 2.45) is 0 Å². The molecule has 2 fully saturated rings. The molecule has 130 valence electrons. The second kappa shape index (κ2) is 7.27. The zero-order valence-electron chi connectivity index (χ0n) is 13.4. The molecule has 2 heterocycles. The Kier molecular flexibility index (Phi) is 5.11. The van der Waals surface area contributed by atoms with Crippen molar-refractivity contribution >= 4 is 11.8 Å². The second-order valence-electron chi connectivity index (χ2n) is 6.03. The van der Waals surface area contributed by atoms with Gasteiger partial charge in [0, 0.05) is 38.0 Å². The van der Waals surface area contributed by atoms with Crippen molar-refractivity contribution in [2.75, 3.05) is 26.3 Å². The molecule has 0 aromatic heterocycles. The van der Waals surface area contributed by atoms with Crippen LogP contribution < -0.4 is 5.32 Å². The first-order valence-corrected chi connectivity index (χ1v) is 8.14. The largest absolute Gasteiger partial charge is 0.351 e. The maximum Gasteiger partial charge on any atom is 0.232 e. The molecule has 0 bridgehead atoms. The molecular formula is C17H21FN2O4. The molecule has 6 nitrogen and oxygen atoms in total. The van der Waals surface area contributed by atoms with E-state index in [1.807, 2.05) is 0 Å². The average Bonchev–Trinajstić information content (AvgIpc) is 3.03. The van der Waals surface area contributed by atoms with Crippen LogP contribution in [-0.2, 0) is 25.6 Å². The molecule has 0 saturated carbocycles. The minimum Gasteiger partial charge on any atom is -0.351 e. The van der Waals surface area contributed by atoms with Gasteiger partial charge in [0.15, 0.2) is 5.79 Å². The molecule has 1 spiro atoms. The lowest BCUT2D eigenvalue weighted by molar-refractivity contribution is -0.187. The lowest BCUT2D eigenvalue weighted by Gasteiger charge is -2.37. The van der Waals surface area contributed by atoms with E-state index in [0.29, 0.717) is 44.7 Å². The van der Waals surface area contributed by atoms with Crippen molar-refractivity contribution < 1.29 is 23.5 Å². The Morgan fingerprint density at radius 1 is 1.17 bits per heavy atom. The van der Waals surface area contributed by atoms with Crippen LogP contribution in [0.15, 0.2) is 24.3 Å². The van der Waals surface area contributed by atoms with Crippen LogP contribution in [0.25, 0.3) is 0 Å². The van der Waals surface area contributed by atoms with Crippen molar-refractivity contribution in [1.29, 1.82) is 0 Å². The quantitative estimate of drug-likeness (QED) is 0.839. The summed E-state index contributed by atoms with van der Waals surface area (Å²) in [6.07, 6.45) is 1.01. The third kappa shape index (κ3) is 3.91. The molecule has 1 aromatic carbocycles. The summed E-state index contributed by atoms with van der Waals surface area (Å²) in [5, 5.41) is 2.58. The summed E-state index contributed by atoms with van der Waals surface area (Å²) >= 11 is 0. The van der Waals surface area contributed by atoms with Gasteiger partial charge in [-0.3, -0.25) is 9.59 Å². The van der Waals surface area contributed by atoms with Crippen LogP contribution in [0.3, 0.4) is 0 Å².